The van der Waals surface area contributed by atoms with Crippen LogP contribution in [0, 0.1) is 6.92 Å². The molecule has 7 nitrogen and oxygen atoms in total. The highest BCUT2D eigenvalue weighted by molar-refractivity contribution is 6.10. The number of pyridine rings is 1. The zero-order valence-corrected chi connectivity index (χ0v) is 17.8. The first-order chi connectivity index (χ1) is 15.5. The zero-order valence-electron chi connectivity index (χ0n) is 17.8. The molecule has 0 unspecified atom stereocenters. The second kappa shape index (κ2) is 7.53. The van der Waals surface area contributed by atoms with Crippen molar-refractivity contribution in [2.24, 2.45) is 0 Å². The first kappa shape index (κ1) is 19.8. The summed E-state index contributed by atoms with van der Waals surface area (Å²) in [6.45, 7) is 1.92. The predicted molar refractivity (Wildman–Crippen MR) is 120 cm³/mol. The molecule has 2 aromatic heterocycles. The summed E-state index contributed by atoms with van der Waals surface area (Å²) in [7, 11) is 3.09. The minimum Gasteiger partial charge on any atom is -0.493 e. The molecule has 0 fully saturated rings. The highest BCUT2D eigenvalue weighted by atomic mass is 16.5. The van der Waals surface area contributed by atoms with Gasteiger partial charge in [-0.3, -0.25) is 14.5 Å². The monoisotopic (exact) mass is 428 g/mol. The number of nitrogens with zero attached hydrogens (tertiary/aromatic N) is 2. The molecule has 1 atom stereocenters. The van der Waals surface area contributed by atoms with Crippen LogP contribution in [0.3, 0.4) is 0 Å². The van der Waals surface area contributed by atoms with Crippen LogP contribution in [0.15, 0.2) is 70.0 Å². The van der Waals surface area contributed by atoms with E-state index in [9.17, 15) is 9.59 Å². The molecule has 4 aromatic rings. The standard InChI is InChI=1S/C25H20N2O5/c1-14-8-11-20(26-13-14)27-22(15-9-10-18(30-2)19(12-15)31-3)21-23(28)16-6-4-5-7-17(16)32-24(21)25(27)29/h4-13,22H,1-3H3/t22-/m1/s1. The molecule has 1 aliphatic rings. The number of hydrogen-bond acceptors (Lipinski definition) is 6. The van der Waals surface area contributed by atoms with Crippen molar-refractivity contribution in [3.05, 3.63) is 93.5 Å². The number of hydrogen-bond donors (Lipinski definition) is 0. The second-order valence-electron chi connectivity index (χ2n) is 7.56. The Labute approximate surface area is 183 Å². The van der Waals surface area contributed by atoms with Crippen molar-refractivity contribution in [1.29, 1.82) is 0 Å². The molecule has 0 spiro atoms. The summed E-state index contributed by atoms with van der Waals surface area (Å²) in [6, 6.07) is 15.1. The molecule has 5 rings (SSSR count). The number of carbonyl (C=O) groups excluding carboxylic acids is 1. The molecule has 0 radical (unpaired) electrons. The Kier molecular flexibility index (Phi) is 4.66. The fourth-order valence-electron chi connectivity index (χ4n) is 4.10. The maximum Gasteiger partial charge on any atom is 0.296 e. The molecular formula is C25H20N2O5. The number of amides is 1. The van der Waals surface area contributed by atoms with Gasteiger partial charge in [0.15, 0.2) is 16.9 Å². The zero-order chi connectivity index (χ0) is 22.4. The van der Waals surface area contributed by atoms with E-state index in [1.807, 2.05) is 19.1 Å². The van der Waals surface area contributed by atoms with E-state index in [1.54, 1.807) is 55.8 Å². The lowest BCUT2D eigenvalue weighted by atomic mass is 9.98. The number of rotatable bonds is 4. The third kappa shape index (κ3) is 2.93. The lowest BCUT2D eigenvalue weighted by molar-refractivity contribution is 0.0970. The predicted octanol–water partition coefficient (Wildman–Crippen LogP) is 4.26. The Hall–Kier alpha value is -4.13. The number of methoxy groups -OCH3 is 2. The third-order valence-electron chi connectivity index (χ3n) is 5.64. The first-order valence-electron chi connectivity index (χ1n) is 10.1. The van der Waals surface area contributed by atoms with Gasteiger partial charge in [0.2, 0.25) is 5.76 Å². The van der Waals surface area contributed by atoms with Crippen LogP contribution in [0.4, 0.5) is 5.82 Å². The number of aryl methyl sites for hydroxylation is 1. The number of para-hydroxylation sites is 1. The molecule has 3 heterocycles. The van der Waals surface area contributed by atoms with Crippen LogP contribution in [-0.4, -0.2) is 25.1 Å². The van der Waals surface area contributed by atoms with E-state index >= 15 is 0 Å². The number of aromatic nitrogens is 1. The summed E-state index contributed by atoms with van der Waals surface area (Å²) in [4.78, 5) is 33.0. The highest BCUT2D eigenvalue weighted by Crippen LogP contribution is 2.42. The summed E-state index contributed by atoms with van der Waals surface area (Å²) in [5.41, 5.74) is 2.04. The van der Waals surface area contributed by atoms with E-state index in [2.05, 4.69) is 4.98 Å². The molecule has 1 amide bonds. The van der Waals surface area contributed by atoms with Gasteiger partial charge in [-0.2, -0.15) is 0 Å². The normalized spacial score (nSPS) is 15.2. The van der Waals surface area contributed by atoms with E-state index in [0.717, 1.165) is 5.56 Å². The van der Waals surface area contributed by atoms with Crippen molar-refractivity contribution in [2.75, 3.05) is 19.1 Å². The maximum atomic E-state index is 13.5. The summed E-state index contributed by atoms with van der Waals surface area (Å²) >= 11 is 0. The number of benzene rings is 2. The van der Waals surface area contributed by atoms with E-state index in [4.69, 9.17) is 13.9 Å². The fourth-order valence-corrected chi connectivity index (χ4v) is 4.10. The summed E-state index contributed by atoms with van der Waals surface area (Å²) in [5.74, 6) is 1.07. The SMILES string of the molecule is COc1ccc([C@@H]2c3c(oc4ccccc4c3=O)C(=O)N2c2ccc(C)cn2)cc1OC. The Morgan fingerprint density at radius 1 is 0.969 bits per heavy atom. The smallest absolute Gasteiger partial charge is 0.296 e. The maximum absolute atomic E-state index is 13.5. The van der Waals surface area contributed by atoms with Crippen molar-refractivity contribution >= 4 is 22.7 Å². The molecule has 0 saturated carbocycles. The Morgan fingerprint density at radius 2 is 1.75 bits per heavy atom. The molecule has 1 aliphatic heterocycles. The largest absolute Gasteiger partial charge is 0.493 e. The molecule has 32 heavy (non-hydrogen) atoms. The van der Waals surface area contributed by atoms with Gasteiger partial charge in [-0.05, 0) is 48.4 Å². The Balaban J connectivity index is 1.80. The van der Waals surface area contributed by atoms with Crippen molar-refractivity contribution < 1.29 is 18.7 Å². The van der Waals surface area contributed by atoms with Crippen LogP contribution >= 0.6 is 0 Å². The van der Waals surface area contributed by atoms with Gasteiger partial charge in [0.1, 0.15) is 11.4 Å². The minimum atomic E-state index is -0.728. The number of ether oxygens (including phenoxy) is 2. The average Bonchev–Trinajstić information content (AvgIpc) is 3.12. The quantitative estimate of drug-likeness (QED) is 0.483. The van der Waals surface area contributed by atoms with E-state index in [0.29, 0.717) is 33.8 Å². The topological polar surface area (TPSA) is 81.9 Å². The molecule has 7 heteroatoms. The van der Waals surface area contributed by atoms with Gasteiger partial charge in [-0.25, -0.2) is 4.98 Å². The van der Waals surface area contributed by atoms with Gasteiger partial charge in [-0.1, -0.05) is 24.3 Å². The lowest BCUT2D eigenvalue weighted by Gasteiger charge is -2.25. The van der Waals surface area contributed by atoms with E-state index in [1.165, 1.54) is 12.0 Å². The molecule has 0 saturated heterocycles. The molecule has 2 aromatic carbocycles. The summed E-state index contributed by atoms with van der Waals surface area (Å²) in [6.07, 6.45) is 1.68. The molecule has 160 valence electrons. The number of carbonyl (C=O) groups is 1. The summed E-state index contributed by atoms with van der Waals surface area (Å²) < 4.78 is 16.8. The van der Waals surface area contributed by atoms with Crippen molar-refractivity contribution in [3.8, 4) is 11.5 Å². The third-order valence-corrected chi connectivity index (χ3v) is 5.64. The lowest BCUT2D eigenvalue weighted by Crippen LogP contribution is -2.30. The van der Waals surface area contributed by atoms with E-state index < -0.39 is 11.9 Å². The minimum absolute atomic E-state index is 0.0239. The van der Waals surface area contributed by atoms with Gasteiger partial charge in [0.25, 0.3) is 5.91 Å². The van der Waals surface area contributed by atoms with Crippen LogP contribution in [0.25, 0.3) is 11.0 Å². The average molecular weight is 428 g/mol. The van der Waals surface area contributed by atoms with Crippen LogP contribution in [-0.2, 0) is 0 Å². The van der Waals surface area contributed by atoms with Crippen LogP contribution < -0.4 is 19.8 Å². The highest BCUT2D eigenvalue weighted by Gasteiger charge is 2.44. The summed E-state index contributed by atoms with van der Waals surface area (Å²) in [5, 5.41) is 0.420. The van der Waals surface area contributed by atoms with Crippen molar-refractivity contribution in [1.82, 2.24) is 4.98 Å². The van der Waals surface area contributed by atoms with Crippen LogP contribution in [0.5, 0.6) is 11.5 Å². The Morgan fingerprint density at radius 3 is 2.47 bits per heavy atom. The number of fused-ring (bicyclic) bond motifs is 2. The van der Waals surface area contributed by atoms with Crippen LogP contribution in [0.1, 0.15) is 33.3 Å². The van der Waals surface area contributed by atoms with Crippen LogP contribution in [0.2, 0.25) is 0 Å². The van der Waals surface area contributed by atoms with Gasteiger partial charge in [0.05, 0.1) is 31.2 Å². The second-order valence-corrected chi connectivity index (χ2v) is 7.56. The van der Waals surface area contributed by atoms with E-state index in [-0.39, 0.29) is 16.8 Å². The molecule has 0 N–H and O–H groups in total. The van der Waals surface area contributed by atoms with Crippen molar-refractivity contribution in [3.63, 3.8) is 0 Å². The number of anilines is 1. The fraction of sp³-hybridized carbons (Fsp3) is 0.160. The Bertz CT molecular complexity index is 1410. The van der Waals surface area contributed by atoms with Gasteiger partial charge in [0, 0.05) is 6.20 Å². The van der Waals surface area contributed by atoms with Crippen molar-refractivity contribution in [2.45, 2.75) is 13.0 Å². The molecular weight excluding hydrogens is 408 g/mol. The van der Waals surface area contributed by atoms with Gasteiger partial charge in [-0.15, -0.1) is 0 Å². The molecule has 0 bridgehead atoms. The molecule has 0 aliphatic carbocycles. The first-order valence-corrected chi connectivity index (χ1v) is 10.1. The van der Waals surface area contributed by atoms with Gasteiger partial charge < -0.3 is 13.9 Å². The van der Waals surface area contributed by atoms with Gasteiger partial charge >= 0.3 is 0 Å².